The number of furan rings is 1. The molecule has 2 nitrogen and oxygen atoms in total. The Balaban J connectivity index is 1.80. The average molecular weight is 328 g/mol. The van der Waals surface area contributed by atoms with Crippen LogP contribution in [0.25, 0.3) is 0 Å². The third-order valence-corrected chi connectivity index (χ3v) is 5.03. The maximum atomic E-state index is 5.35. The number of thiophene rings is 1. The lowest BCUT2D eigenvalue weighted by atomic mass is 10.1. The highest BCUT2D eigenvalue weighted by atomic mass is 79.9. The number of aryl methyl sites for hydroxylation is 1. The van der Waals surface area contributed by atoms with Crippen molar-refractivity contribution in [3.05, 3.63) is 45.0 Å². The van der Waals surface area contributed by atoms with Gasteiger partial charge < -0.3 is 9.73 Å². The number of rotatable bonds is 6. The highest BCUT2D eigenvalue weighted by molar-refractivity contribution is 9.10. The molecule has 0 saturated carbocycles. The Bertz CT molecular complexity index is 466. The van der Waals surface area contributed by atoms with Gasteiger partial charge in [0.05, 0.1) is 6.26 Å². The van der Waals surface area contributed by atoms with Crippen molar-refractivity contribution in [1.29, 1.82) is 0 Å². The second kappa shape index (κ2) is 6.55. The van der Waals surface area contributed by atoms with Crippen molar-refractivity contribution in [2.24, 2.45) is 0 Å². The van der Waals surface area contributed by atoms with Gasteiger partial charge in [-0.2, -0.15) is 0 Å². The van der Waals surface area contributed by atoms with Crippen LogP contribution < -0.4 is 5.32 Å². The molecular weight excluding hydrogens is 310 g/mol. The van der Waals surface area contributed by atoms with Gasteiger partial charge in [-0.05, 0) is 59.8 Å². The van der Waals surface area contributed by atoms with Crippen molar-refractivity contribution in [2.75, 3.05) is 0 Å². The van der Waals surface area contributed by atoms with Gasteiger partial charge in [0.2, 0.25) is 0 Å². The molecule has 0 spiro atoms. The predicted octanol–water partition coefficient (Wildman–Crippen LogP) is 4.78. The van der Waals surface area contributed by atoms with Gasteiger partial charge in [-0.3, -0.25) is 0 Å². The Morgan fingerprint density at radius 1 is 1.39 bits per heavy atom. The van der Waals surface area contributed by atoms with Gasteiger partial charge in [0.15, 0.2) is 0 Å². The molecule has 0 aliphatic carbocycles. The van der Waals surface area contributed by atoms with E-state index in [4.69, 9.17) is 4.42 Å². The molecule has 0 aliphatic heterocycles. The monoisotopic (exact) mass is 327 g/mol. The lowest BCUT2D eigenvalue weighted by Gasteiger charge is -2.19. The van der Waals surface area contributed by atoms with E-state index in [1.165, 1.54) is 9.35 Å². The summed E-state index contributed by atoms with van der Waals surface area (Å²) in [5, 5.41) is 5.74. The zero-order chi connectivity index (χ0) is 13.0. The van der Waals surface area contributed by atoms with Crippen LogP contribution in [-0.4, -0.2) is 6.04 Å². The van der Waals surface area contributed by atoms with Gasteiger partial charge in [-0.25, -0.2) is 0 Å². The molecule has 0 aromatic carbocycles. The molecule has 18 heavy (non-hydrogen) atoms. The molecule has 98 valence electrons. The molecule has 2 aromatic heterocycles. The fourth-order valence-electron chi connectivity index (χ4n) is 2.01. The van der Waals surface area contributed by atoms with Gasteiger partial charge in [0.1, 0.15) is 5.76 Å². The van der Waals surface area contributed by atoms with Crippen LogP contribution in [0.1, 0.15) is 36.9 Å². The van der Waals surface area contributed by atoms with Crippen molar-refractivity contribution in [3.63, 3.8) is 0 Å². The second-order valence-corrected chi connectivity index (χ2v) is 6.34. The minimum absolute atomic E-state index is 0.381. The average Bonchev–Trinajstić information content (AvgIpc) is 2.97. The quantitative estimate of drug-likeness (QED) is 0.826. The molecule has 1 N–H and O–H groups in total. The molecular formula is C14H18BrNOS. The molecule has 0 bridgehead atoms. The minimum atomic E-state index is 0.381. The fourth-order valence-corrected chi connectivity index (χ4v) is 3.75. The van der Waals surface area contributed by atoms with E-state index in [2.05, 4.69) is 46.5 Å². The Kier molecular flexibility index (Phi) is 5.03. The Morgan fingerprint density at radius 3 is 2.83 bits per heavy atom. The topological polar surface area (TPSA) is 25.2 Å². The summed E-state index contributed by atoms with van der Waals surface area (Å²) in [6.45, 7) is 4.43. The number of hydrogen-bond acceptors (Lipinski definition) is 3. The summed E-state index contributed by atoms with van der Waals surface area (Å²) >= 11 is 5.37. The van der Waals surface area contributed by atoms with E-state index in [1.54, 1.807) is 17.6 Å². The van der Waals surface area contributed by atoms with E-state index in [1.807, 2.05) is 12.1 Å². The molecule has 0 fully saturated rings. The summed E-state index contributed by atoms with van der Waals surface area (Å²) in [5.41, 5.74) is 0. The lowest BCUT2D eigenvalue weighted by molar-refractivity contribution is 0.432. The first-order chi connectivity index (χ1) is 8.66. The molecule has 0 aliphatic rings. The van der Waals surface area contributed by atoms with E-state index in [0.29, 0.717) is 12.1 Å². The van der Waals surface area contributed by atoms with Crippen LogP contribution in [0.4, 0.5) is 0 Å². The van der Waals surface area contributed by atoms with Crippen LogP contribution in [0.15, 0.2) is 38.7 Å². The van der Waals surface area contributed by atoms with E-state index < -0.39 is 0 Å². The normalized spacial score (nSPS) is 14.6. The van der Waals surface area contributed by atoms with Crippen molar-refractivity contribution in [2.45, 2.75) is 38.8 Å². The predicted molar refractivity (Wildman–Crippen MR) is 80.1 cm³/mol. The third-order valence-electron chi connectivity index (χ3n) is 2.98. The number of halogens is 1. The minimum Gasteiger partial charge on any atom is -0.469 e. The van der Waals surface area contributed by atoms with Crippen LogP contribution in [0.3, 0.4) is 0 Å². The van der Waals surface area contributed by atoms with Crippen LogP contribution in [0.5, 0.6) is 0 Å². The summed E-state index contributed by atoms with van der Waals surface area (Å²) in [4.78, 5) is 1.36. The standard InChI is InChI=1S/C14H18BrNOS/c1-10(5-6-12-4-3-8-17-12)16-11(2)14-13(15)7-9-18-14/h3-4,7-11,16H,5-6H2,1-2H3. The first kappa shape index (κ1) is 13.8. The van der Waals surface area contributed by atoms with E-state index >= 15 is 0 Å². The molecule has 2 aromatic rings. The fraction of sp³-hybridized carbons (Fsp3) is 0.429. The molecule has 2 heterocycles. The first-order valence-corrected chi connectivity index (χ1v) is 7.85. The maximum absolute atomic E-state index is 5.35. The highest BCUT2D eigenvalue weighted by Gasteiger charge is 2.13. The second-order valence-electron chi connectivity index (χ2n) is 4.54. The molecule has 0 radical (unpaired) electrons. The number of hydrogen-bond donors (Lipinski definition) is 1. The highest BCUT2D eigenvalue weighted by Crippen LogP contribution is 2.29. The Hall–Kier alpha value is -0.580. The zero-order valence-corrected chi connectivity index (χ0v) is 13.1. The summed E-state index contributed by atoms with van der Waals surface area (Å²) in [7, 11) is 0. The summed E-state index contributed by atoms with van der Waals surface area (Å²) in [6, 6.07) is 6.93. The van der Waals surface area contributed by atoms with E-state index in [0.717, 1.165) is 18.6 Å². The molecule has 2 unspecified atom stereocenters. The van der Waals surface area contributed by atoms with Crippen molar-refractivity contribution < 1.29 is 4.42 Å². The van der Waals surface area contributed by atoms with E-state index in [9.17, 15) is 0 Å². The first-order valence-electron chi connectivity index (χ1n) is 6.18. The van der Waals surface area contributed by atoms with Gasteiger partial charge in [-0.15, -0.1) is 11.3 Å². The van der Waals surface area contributed by atoms with Gasteiger partial charge in [0.25, 0.3) is 0 Å². The zero-order valence-electron chi connectivity index (χ0n) is 10.7. The smallest absolute Gasteiger partial charge is 0.103 e. The largest absolute Gasteiger partial charge is 0.469 e. The molecule has 4 heteroatoms. The van der Waals surface area contributed by atoms with Crippen molar-refractivity contribution in [1.82, 2.24) is 5.32 Å². The van der Waals surface area contributed by atoms with Gasteiger partial charge in [-0.1, -0.05) is 0 Å². The van der Waals surface area contributed by atoms with Crippen LogP contribution in [-0.2, 0) is 6.42 Å². The molecule has 0 amide bonds. The molecule has 0 saturated heterocycles. The van der Waals surface area contributed by atoms with E-state index in [-0.39, 0.29) is 0 Å². The van der Waals surface area contributed by atoms with Crippen LogP contribution >= 0.6 is 27.3 Å². The van der Waals surface area contributed by atoms with Crippen LogP contribution in [0, 0.1) is 0 Å². The van der Waals surface area contributed by atoms with Gasteiger partial charge >= 0.3 is 0 Å². The lowest BCUT2D eigenvalue weighted by Crippen LogP contribution is -2.29. The number of nitrogens with one attached hydrogen (secondary N) is 1. The van der Waals surface area contributed by atoms with Crippen molar-refractivity contribution in [3.8, 4) is 0 Å². The van der Waals surface area contributed by atoms with Crippen molar-refractivity contribution >= 4 is 27.3 Å². The Labute approximate surface area is 121 Å². The van der Waals surface area contributed by atoms with Gasteiger partial charge in [0, 0.05) is 27.9 Å². The maximum Gasteiger partial charge on any atom is 0.103 e. The molecule has 2 rings (SSSR count). The Morgan fingerprint density at radius 2 is 2.22 bits per heavy atom. The molecule has 2 atom stereocenters. The van der Waals surface area contributed by atoms with Crippen LogP contribution in [0.2, 0.25) is 0 Å². The SMILES string of the molecule is CC(CCc1ccco1)NC(C)c1sccc1Br. The summed E-state index contributed by atoms with van der Waals surface area (Å²) in [6.07, 6.45) is 3.80. The summed E-state index contributed by atoms with van der Waals surface area (Å²) in [5.74, 6) is 1.06. The summed E-state index contributed by atoms with van der Waals surface area (Å²) < 4.78 is 6.55. The third kappa shape index (κ3) is 3.70.